The smallest absolute Gasteiger partial charge is 0.161 e. The molecule has 0 spiro atoms. The number of rotatable bonds is 5. The zero-order valence-electron chi connectivity index (χ0n) is 12.8. The van der Waals surface area contributed by atoms with E-state index in [0.29, 0.717) is 19.8 Å². The van der Waals surface area contributed by atoms with Crippen molar-refractivity contribution >= 4 is 0 Å². The van der Waals surface area contributed by atoms with E-state index in [0.717, 1.165) is 23.5 Å². The van der Waals surface area contributed by atoms with E-state index in [9.17, 15) is 5.11 Å². The van der Waals surface area contributed by atoms with Crippen molar-refractivity contribution in [2.24, 2.45) is 0 Å². The van der Waals surface area contributed by atoms with Gasteiger partial charge in [0.1, 0.15) is 13.2 Å². The summed E-state index contributed by atoms with van der Waals surface area (Å²) in [5.74, 6) is 1.49. The number of hydrogen-bond donors (Lipinski definition) is 1. The lowest BCUT2D eigenvalue weighted by molar-refractivity contribution is 0.0682. The minimum atomic E-state index is -0.526. The fourth-order valence-electron chi connectivity index (χ4n) is 2.15. The molecule has 1 aliphatic heterocycles. The number of aliphatic hydroxyl groups is 1. The molecule has 0 saturated heterocycles. The number of aliphatic hydroxyl groups excluding tert-OH is 1. The summed E-state index contributed by atoms with van der Waals surface area (Å²) in [4.78, 5) is 2.19. The largest absolute Gasteiger partial charge is 0.486 e. The molecular formula is C16H25NO3. The maximum Gasteiger partial charge on any atom is 0.161 e. The molecule has 0 bridgehead atoms. The van der Waals surface area contributed by atoms with Crippen LogP contribution in [0.25, 0.3) is 0 Å². The van der Waals surface area contributed by atoms with E-state index in [1.165, 1.54) is 0 Å². The van der Waals surface area contributed by atoms with Crippen LogP contribution in [0.15, 0.2) is 18.2 Å². The predicted molar refractivity (Wildman–Crippen MR) is 79.4 cm³/mol. The van der Waals surface area contributed by atoms with E-state index in [1.54, 1.807) is 0 Å². The van der Waals surface area contributed by atoms with Crippen LogP contribution in [0.1, 0.15) is 38.9 Å². The first-order valence-electron chi connectivity index (χ1n) is 7.23. The second kappa shape index (κ2) is 6.02. The lowest BCUT2D eigenvalue weighted by atomic mass is 9.98. The summed E-state index contributed by atoms with van der Waals surface area (Å²) in [5.41, 5.74) is 0.947. The zero-order valence-corrected chi connectivity index (χ0v) is 12.8. The van der Waals surface area contributed by atoms with Gasteiger partial charge in [-0.2, -0.15) is 0 Å². The van der Waals surface area contributed by atoms with E-state index >= 15 is 0 Å². The van der Waals surface area contributed by atoms with Gasteiger partial charge < -0.3 is 14.6 Å². The van der Waals surface area contributed by atoms with Crippen LogP contribution in [0, 0.1) is 0 Å². The quantitative estimate of drug-likeness (QED) is 0.899. The van der Waals surface area contributed by atoms with Gasteiger partial charge in [-0.05, 0) is 45.0 Å². The van der Waals surface area contributed by atoms with Crippen molar-refractivity contribution < 1.29 is 14.6 Å². The summed E-state index contributed by atoms with van der Waals surface area (Å²) in [6, 6.07) is 5.66. The monoisotopic (exact) mass is 279 g/mol. The number of hydrogen-bond acceptors (Lipinski definition) is 4. The van der Waals surface area contributed by atoms with Crippen LogP contribution in [0.5, 0.6) is 11.5 Å². The molecule has 112 valence electrons. The molecular weight excluding hydrogens is 254 g/mol. The highest BCUT2D eigenvalue weighted by Gasteiger charge is 2.24. The second-order valence-electron chi connectivity index (χ2n) is 5.97. The third kappa shape index (κ3) is 3.25. The first-order valence-corrected chi connectivity index (χ1v) is 7.23. The summed E-state index contributed by atoms with van der Waals surface area (Å²) in [6.45, 7) is 8.28. The van der Waals surface area contributed by atoms with Crippen molar-refractivity contribution in [2.45, 2.75) is 38.8 Å². The Kier molecular flexibility index (Phi) is 4.55. The van der Waals surface area contributed by atoms with E-state index in [2.05, 4.69) is 25.7 Å². The number of benzene rings is 1. The van der Waals surface area contributed by atoms with E-state index < -0.39 is 6.10 Å². The van der Waals surface area contributed by atoms with Gasteiger partial charge in [-0.15, -0.1) is 0 Å². The van der Waals surface area contributed by atoms with Gasteiger partial charge in [0.15, 0.2) is 11.5 Å². The Morgan fingerprint density at radius 3 is 2.55 bits per heavy atom. The van der Waals surface area contributed by atoms with Gasteiger partial charge >= 0.3 is 0 Å². The van der Waals surface area contributed by atoms with Crippen LogP contribution in [0.2, 0.25) is 0 Å². The molecule has 1 aromatic rings. The lowest BCUT2D eigenvalue weighted by Gasteiger charge is -2.36. The molecule has 20 heavy (non-hydrogen) atoms. The zero-order chi connectivity index (χ0) is 14.8. The SMILES string of the molecule is CCC(C)(C)N(C)CC(O)c1ccc2c(c1)OCCO2. The Morgan fingerprint density at radius 2 is 1.90 bits per heavy atom. The van der Waals surface area contributed by atoms with Crippen molar-refractivity contribution in [3.63, 3.8) is 0 Å². The molecule has 1 atom stereocenters. The predicted octanol–water partition coefficient (Wildman–Crippen LogP) is 2.61. The van der Waals surface area contributed by atoms with Gasteiger partial charge in [0.05, 0.1) is 6.10 Å². The van der Waals surface area contributed by atoms with Gasteiger partial charge in [-0.25, -0.2) is 0 Å². The number of likely N-dealkylation sites (N-methyl/N-ethyl adjacent to an activating group) is 1. The number of β-amino-alcohol motifs (C(OH)–C–C–N with tert-alkyl or cyclic N) is 1. The second-order valence-corrected chi connectivity index (χ2v) is 5.97. The number of ether oxygens (including phenoxy) is 2. The third-order valence-electron chi connectivity index (χ3n) is 4.30. The number of fused-ring (bicyclic) bond motifs is 1. The van der Waals surface area contributed by atoms with Crippen molar-refractivity contribution in [2.75, 3.05) is 26.8 Å². The Labute approximate surface area is 121 Å². The maximum atomic E-state index is 10.4. The van der Waals surface area contributed by atoms with Crippen molar-refractivity contribution in [1.29, 1.82) is 0 Å². The van der Waals surface area contributed by atoms with Crippen molar-refractivity contribution in [1.82, 2.24) is 4.90 Å². The molecule has 0 radical (unpaired) electrons. The molecule has 1 unspecified atom stereocenters. The molecule has 4 nitrogen and oxygen atoms in total. The molecule has 0 aromatic heterocycles. The molecule has 0 fully saturated rings. The van der Waals surface area contributed by atoms with Gasteiger partial charge in [-0.3, -0.25) is 4.90 Å². The average Bonchev–Trinajstić information content (AvgIpc) is 2.46. The summed E-state index contributed by atoms with van der Waals surface area (Å²) < 4.78 is 11.1. The molecule has 0 amide bonds. The summed E-state index contributed by atoms with van der Waals surface area (Å²) in [6.07, 6.45) is 0.513. The van der Waals surface area contributed by atoms with Crippen LogP contribution in [0.4, 0.5) is 0 Å². The molecule has 1 aromatic carbocycles. The standard InChI is InChI=1S/C16H25NO3/c1-5-16(2,3)17(4)11-13(18)12-6-7-14-15(10-12)20-9-8-19-14/h6-7,10,13,18H,5,8-9,11H2,1-4H3. The van der Waals surface area contributed by atoms with Crippen molar-refractivity contribution in [3.05, 3.63) is 23.8 Å². The topological polar surface area (TPSA) is 41.9 Å². The van der Waals surface area contributed by atoms with Crippen molar-refractivity contribution in [3.8, 4) is 11.5 Å². The Bertz CT molecular complexity index is 459. The van der Waals surface area contributed by atoms with Gasteiger partial charge in [0.25, 0.3) is 0 Å². The molecule has 0 aliphatic carbocycles. The molecule has 1 aliphatic rings. The first kappa shape index (κ1) is 15.1. The molecule has 0 saturated carbocycles. The van der Waals surface area contributed by atoms with Crippen LogP contribution < -0.4 is 9.47 Å². The summed E-state index contributed by atoms with van der Waals surface area (Å²) in [7, 11) is 2.05. The van der Waals surface area contributed by atoms with Gasteiger partial charge in [0.2, 0.25) is 0 Å². The molecule has 1 heterocycles. The van der Waals surface area contributed by atoms with E-state index in [-0.39, 0.29) is 5.54 Å². The van der Waals surface area contributed by atoms with Crippen LogP contribution in [0.3, 0.4) is 0 Å². The summed E-state index contributed by atoms with van der Waals surface area (Å²) in [5, 5.41) is 10.4. The highest BCUT2D eigenvalue weighted by Crippen LogP contribution is 2.33. The fourth-order valence-corrected chi connectivity index (χ4v) is 2.15. The van der Waals surface area contributed by atoms with Crippen LogP contribution >= 0.6 is 0 Å². The molecule has 4 heteroatoms. The Morgan fingerprint density at radius 1 is 1.25 bits per heavy atom. The Hall–Kier alpha value is -1.26. The molecule has 1 N–H and O–H groups in total. The van der Waals surface area contributed by atoms with E-state index in [1.807, 2.05) is 25.2 Å². The van der Waals surface area contributed by atoms with Crippen LogP contribution in [-0.2, 0) is 0 Å². The maximum absolute atomic E-state index is 10.4. The van der Waals surface area contributed by atoms with Gasteiger partial charge in [-0.1, -0.05) is 13.0 Å². The third-order valence-corrected chi connectivity index (χ3v) is 4.30. The van der Waals surface area contributed by atoms with Gasteiger partial charge in [0, 0.05) is 12.1 Å². The normalized spacial score (nSPS) is 16.3. The van der Waals surface area contributed by atoms with Crippen LogP contribution in [-0.4, -0.2) is 42.4 Å². The Balaban J connectivity index is 2.07. The lowest BCUT2D eigenvalue weighted by Crippen LogP contribution is -2.42. The fraction of sp³-hybridized carbons (Fsp3) is 0.625. The molecule has 2 rings (SSSR count). The highest BCUT2D eigenvalue weighted by atomic mass is 16.6. The summed E-state index contributed by atoms with van der Waals surface area (Å²) >= 11 is 0. The minimum Gasteiger partial charge on any atom is -0.486 e. The number of nitrogens with zero attached hydrogens (tertiary/aromatic N) is 1. The highest BCUT2D eigenvalue weighted by molar-refractivity contribution is 5.44. The average molecular weight is 279 g/mol. The first-order chi connectivity index (χ1) is 9.44. The van der Waals surface area contributed by atoms with E-state index in [4.69, 9.17) is 9.47 Å². The minimum absolute atomic E-state index is 0.0782.